The minimum atomic E-state index is -0.420. The number of rotatable bonds is 3. The predicted molar refractivity (Wildman–Crippen MR) is 69.0 cm³/mol. The highest BCUT2D eigenvalue weighted by atomic mass is 16.5. The number of nitriles is 1. The molecule has 4 nitrogen and oxygen atoms in total. The molecule has 0 aliphatic carbocycles. The number of carbonyl (C=O) groups excluding carboxylic acids is 1. The number of nitrogens with zero attached hydrogens (tertiary/aromatic N) is 1. The Hall–Kier alpha value is -2.80. The van der Waals surface area contributed by atoms with Crippen LogP contribution in [0.3, 0.4) is 0 Å². The van der Waals surface area contributed by atoms with Crippen LogP contribution < -0.4 is 4.74 Å². The summed E-state index contributed by atoms with van der Waals surface area (Å²) >= 11 is 0. The number of hydrogen-bond donors (Lipinski definition) is 0. The fourth-order valence-electron chi connectivity index (χ4n) is 1.57. The van der Waals surface area contributed by atoms with Gasteiger partial charge in [0.05, 0.1) is 24.3 Å². The molecule has 2 rings (SSSR count). The molecule has 0 aliphatic rings. The second-order valence-corrected chi connectivity index (χ2v) is 3.76. The lowest BCUT2D eigenvalue weighted by Crippen LogP contribution is -2.00. The number of benzene rings is 2. The Bertz CT molecular complexity index is 644. The largest absolute Gasteiger partial charge is 0.465 e. The first-order chi connectivity index (χ1) is 9.22. The highest BCUT2D eigenvalue weighted by Crippen LogP contribution is 2.23. The van der Waals surface area contributed by atoms with Gasteiger partial charge in [-0.1, -0.05) is 12.1 Å². The van der Waals surface area contributed by atoms with Crippen LogP contribution in [0.5, 0.6) is 11.5 Å². The van der Waals surface area contributed by atoms with Crippen LogP contribution in [0.1, 0.15) is 15.9 Å². The van der Waals surface area contributed by atoms with Crippen LogP contribution in [0.25, 0.3) is 0 Å². The third kappa shape index (κ3) is 3.11. The highest BCUT2D eigenvalue weighted by molar-refractivity contribution is 5.89. The van der Waals surface area contributed by atoms with E-state index in [1.165, 1.54) is 7.11 Å². The summed E-state index contributed by atoms with van der Waals surface area (Å²) in [6, 6.07) is 15.5. The Morgan fingerprint density at radius 3 is 2.47 bits per heavy atom. The summed E-state index contributed by atoms with van der Waals surface area (Å²) in [7, 11) is 1.33. The van der Waals surface area contributed by atoms with Gasteiger partial charge in [0.2, 0.25) is 0 Å². The molecule has 4 heteroatoms. The number of ether oxygens (including phenoxy) is 2. The first kappa shape index (κ1) is 12.7. The Labute approximate surface area is 110 Å². The molecule has 0 spiro atoms. The summed E-state index contributed by atoms with van der Waals surface area (Å²) in [5, 5.41) is 8.81. The van der Waals surface area contributed by atoms with Crippen molar-refractivity contribution in [1.29, 1.82) is 5.26 Å². The van der Waals surface area contributed by atoms with E-state index < -0.39 is 5.97 Å². The zero-order chi connectivity index (χ0) is 13.7. The second kappa shape index (κ2) is 5.69. The van der Waals surface area contributed by atoms with Gasteiger partial charge < -0.3 is 9.47 Å². The van der Waals surface area contributed by atoms with E-state index >= 15 is 0 Å². The molecule has 0 heterocycles. The van der Waals surface area contributed by atoms with Crippen molar-refractivity contribution in [3.05, 3.63) is 59.7 Å². The first-order valence-corrected chi connectivity index (χ1v) is 5.59. The van der Waals surface area contributed by atoms with Crippen molar-refractivity contribution in [2.45, 2.75) is 0 Å². The van der Waals surface area contributed by atoms with E-state index in [1.54, 1.807) is 48.5 Å². The van der Waals surface area contributed by atoms with E-state index in [0.717, 1.165) is 0 Å². The molecule has 2 aromatic rings. The van der Waals surface area contributed by atoms with Gasteiger partial charge in [-0.25, -0.2) is 4.79 Å². The second-order valence-electron chi connectivity index (χ2n) is 3.76. The van der Waals surface area contributed by atoms with Gasteiger partial charge in [0.1, 0.15) is 11.5 Å². The summed E-state index contributed by atoms with van der Waals surface area (Å²) in [5.41, 5.74) is 0.929. The van der Waals surface area contributed by atoms with Crippen LogP contribution in [0, 0.1) is 11.3 Å². The minimum absolute atomic E-state index is 0.413. The molecule has 2 aromatic carbocycles. The van der Waals surface area contributed by atoms with Crippen molar-refractivity contribution in [3.63, 3.8) is 0 Å². The molecule has 0 fully saturated rings. The molecule has 0 amide bonds. The third-order valence-corrected chi connectivity index (χ3v) is 2.45. The van der Waals surface area contributed by atoms with Crippen molar-refractivity contribution < 1.29 is 14.3 Å². The minimum Gasteiger partial charge on any atom is -0.465 e. The standard InChI is InChI=1S/C15H11NO3/c1-18-15(17)12-5-3-7-14(9-12)19-13-6-2-4-11(8-13)10-16/h2-9H,1H3. The SMILES string of the molecule is COC(=O)c1cccc(Oc2cccc(C#N)c2)c1. The van der Waals surface area contributed by atoms with Crippen molar-refractivity contribution in [3.8, 4) is 17.6 Å². The molecule has 0 bridgehead atoms. The number of esters is 1. The molecular weight excluding hydrogens is 242 g/mol. The van der Waals surface area contributed by atoms with E-state index in [2.05, 4.69) is 4.74 Å². The monoisotopic (exact) mass is 253 g/mol. The van der Waals surface area contributed by atoms with Gasteiger partial charge in [0.25, 0.3) is 0 Å². The summed E-state index contributed by atoms with van der Waals surface area (Å²) in [4.78, 5) is 11.4. The molecule has 0 N–H and O–H groups in total. The Kier molecular flexibility index (Phi) is 3.79. The van der Waals surface area contributed by atoms with Crippen LogP contribution in [0.2, 0.25) is 0 Å². The van der Waals surface area contributed by atoms with E-state index in [4.69, 9.17) is 10.00 Å². The Morgan fingerprint density at radius 1 is 1.11 bits per heavy atom. The van der Waals surface area contributed by atoms with E-state index in [9.17, 15) is 4.79 Å². The van der Waals surface area contributed by atoms with Gasteiger partial charge in [-0.15, -0.1) is 0 Å². The third-order valence-electron chi connectivity index (χ3n) is 2.45. The summed E-state index contributed by atoms with van der Waals surface area (Å²) < 4.78 is 10.2. The van der Waals surface area contributed by atoms with E-state index in [0.29, 0.717) is 22.6 Å². The first-order valence-electron chi connectivity index (χ1n) is 5.59. The Morgan fingerprint density at radius 2 is 1.79 bits per heavy atom. The van der Waals surface area contributed by atoms with Crippen LogP contribution in [-0.2, 0) is 4.74 Å². The maximum absolute atomic E-state index is 11.4. The molecule has 0 aliphatic heterocycles. The highest BCUT2D eigenvalue weighted by Gasteiger charge is 2.06. The topological polar surface area (TPSA) is 59.3 Å². The van der Waals surface area contributed by atoms with Crippen LogP contribution in [-0.4, -0.2) is 13.1 Å². The molecule has 94 valence electrons. The van der Waals surface area contributed by atoms with Gasteiger partial charge in [0.15, 0.2) is 0 Å². The van der Waals surface area contributed by atoms with E-state index in [-0.39, 0.29) is 0 Å². The van der Waals surface area contributed by atoms with Crippen LogP contribution in [0.4, 0.5) is 0 Å². The van der Waals surface area contributed by atoms with Crippen molar-refractivity contribution in [1.82, 2.24) is 0 Å². The van der Waals surface area contributed by atoms with Crippen molar-refractivity contribution in [2.75, 3.05) is 7.11 Å². The Balaban J connectivity index is 2.23. The molecule has 0 atom stereocenters. The molecule has 0 aromatic heterocycles. The summed E-state index contributed by atoms with van der Waals surface area (Å²) in [6.07, 6.45) is 0. The zero-order valence-corrected chi connectivity index (χ0v) is 10.3. The average Bonchev–Trinajstić information content (AvgIpc) is 2.47. The van der Waals surface area contributed by atoms with Gasteiger partial charge in [-0.3, -0.25) is 0 Å². The lowest BCUT2D eigenvalue weighted by molar-refractivity contribution is 0.0600. The molecule has 19 heavy (non-hydrogen) atoms. The van der Waals surface area contributed by atoms with Gasteiger partial charge in [-0.05, 0) is 36.4 Å². The van der Waals surface area contributed by atoms with Crippen LogP contribution in [0.15, 0.2) is 48.5 Å². The fourth-order valence-corrected chi connectivity index (χ4v) is 1.57. The van der Waals surface area contributed by atoms with Gasteiger partial charge in [0, 0.05) is 0 Å². The molecule has 0 unspecified atom stereocenters. The van der Waals surface area contributed by atoms with Crippen molar-refractivity contribution in [2.24, 2.45) is 0 Å². The molecule has 0 radical (unpaired) electrons. The fraction of sp³-hybridized carbons (Fsp3) is 0.0667. The van der Waals surface area contributed by atoms with Crippen molar-refractivity contribution >= 4 is 5.97 Å². The van der Waals surface area contributed by atoms with Gasteiger partial charge in [-0.2, -0.15) is 5.26 Å². The maximum Gasteiger partial charge on any atom is 0.337 e. The number of hydrogen-bond acceptors (Lipinski definition) is 4. The normalized spacial score (nSPS) is 9.47. The quantitative estimate of drug-likeness (QED) is 0.788. The smallest absolute Gasteiger partial charge is 0.337 e. The molecular formula is C15H11NO3. The predicted octanol–water partition coefficient (Wildman–Crippen LogP) is 3.14. The van der Waals surface area contributed by atoms with E-state index in [1.807, 2.05) is 6.07 Å². The summed E-state index contributed by atoms with van der Waals surface area (Å²) in [6.45, 7) is 0. The number of carbonyl (C=O) groups is 1. The number of methoxy groups -OCH3 is 1. The average molecular weight is 253 g/mol. The van der Waals surface area contributed by atoms with Gasteiger partial charge >= 0.3 is 5.97 Å². The lowest BCUT2D eigenvalue weighted by Gasteiger charge is -2.07. The molecule has 0 saturated carbocycles. The molecule has 0 saturated heterocycles. The van der Waals surface area contributed by atoms with Crippen LogP contribution >= 0.6 is 0 Å². The zero-order valence-electron chi connectivity index (χ0n) is 10.3. The summed E-state index contributed by atoms with van der Waals surface area (Å²) in [5.74, 6) is 0.635. The maximum atomic E-state index is 11.4. The lowest BCUT2D eigenvalue weighted by atomic mass is 10.2.